The molecule has 4 heteroatoms. The molecule has 0 aliphatic rings. The van der Waals surface area contributed by atoms with Gasteiger partial charge in [0.1, 0.15) is 0 Å². The monoisotopic (exact) mass is 181 g/mol. The second-order valence-corrected chi connectivity index (χ2v) is 3.01. The highest BCUT2D eigenvalue weighted by molar-refractivity contribution is 4.84. The minimum atomic E-state index is 0.0732. The molecule has 1 aromatic rings. The van der Waals surface area contributed by atoms with Crippen LogP contribution in [0.3, 0.4) is 0 Å². The molecule has 2 N–H and O–H groups in total. The number of aryl methyl sites for hydroxylation is 2. The van der Waals surface area contributed by atoms with Gasteiger partial charge >= 0.3 is 0 Å². The maximum Gasteiger partial charge on any atom is 0.216 e. The predicted octanol–water partition coefficient (Wildman–Crippen LogP) is 1.21. The van der Waals surface area contributed by atoms with Gasteiger partial charge in [0.05, 0.1) is 0 Å². The van der Waals surface area contributed by atoms with E-state index in [0.29, 0.717) is 11.8 Å². The lowest BCUT2D eigenvalue weighted by Crippen LogP contribution is -2.16. The van der Waals surface area contributed by atoms with Crippen LogP contribution in [-0.4, -0.2) is 16.2 Å². The molecule has 0 saturated carbocycles. The van der Waals surface area contributed by atoms with Crippen LogP contribution in [0.5, 0.6) is 0 Å². The molecule has 1 unspecified atom stereocenters. The molecule has 0 radical (unpaired) electrons. The summed E-state index contributed by atoms with van der Waals surface area (Å²) in [4.78, 5) is 0. The second kappa shape index (κ2) is 4.77. The van der Waals surface area contributed by atoms with E-state index < -0.39 is 0 Å². The van der Waals surface area contributed by atoms with Crippen LogP contribution in [0, 0.1) is 6.92 Å². The molecule has 72 valence electrons. The molecule has 0 aliphatic heterocycles. The molecule has 1 atom stereocenters. The third kappa shape index (κ3) is 3.38. The summed E-state index contributed by atoms with van der Waals surface area (Å²) in [5.74, 6) is 1.30. The molecule has 0 bridgehead atoms. The lowest BCUT2D eigenvalue weighted by molar-refractivity contribution is 0.456. The number of nitrogens with zero attached hydrogens (tertiary/aromatic N) is 2. The standard InChI is InChI=1S/C9H15N3O/c1-3-8(10)5-4-6-9-12-11-7(2)13-9/h3,8H,1,4-6,10H2,2H3. The summed E-state index contributed by atoms with van der Waals surface area (Å²) < 4.78 is 5.21. The molecule has 0 fully saturated rings. The first kappa shape index (κ1) is 9.92. The summed E-state index contributed by atoms with van der Waals surface area (Å²) in [6.45, 7) is 5.40. The molecular formula is C9H15N3O. The zero-order valence-electron chi connectivity index (χ0n) is 7.86. The number of rotatable bonds is 5. The van der Waals surface area contributed by atoms with Gasteiger partial charge in [-0.05, 0) is 12.8 Å². The van der Waals surface area contributed by atoms with Gasteiger partial charge in [0.25, 0.3) is 0 Å². The van der Waals surface area contributed by atoms with E-state index in [-0.39, 0.29) is 6.04 Å². The number of aromatic nitrogens is 2. The van der Waals surface area contributed by atoms with Gasteiger partial charge in [-0.3, -0.25) is 0 Å². The Kier molecular flexibility index (Phi) is 3.64. The molecule has 0 aromatic carbocycles. The van der Waals surface area contributed by atoms with Gasteiger partial charge in [-0.2, -0.15) is 0 Å². The number of hydrogen-bond acceptors (Lipinski definition) is 4. The fourth-order valence-corrected chi connectivity index (χ4v) is 1.05. The van der Waals surface area contributed by atoms with Crippen molar-refractivity contribution >= 4 is 0 Å². The van der Waals surface area contributed by atoms with Crippen LogP contribution in [0.25, 0.3) is 0 Å². The maximum absolute atomic E-state index is 5.66. The van der Waals surface area contributed by atoms with Crippen molar-refractivity contribution in [1.82, 2.24) is 10.2 Å². The second-order valence-electron chi connectivity index (χ2n) is 3.01. The van der Waals surface area contributed by atoms with Gasteiger partial charge in [-0.1, -0.05) is 6.08 Å². The van der Waals surface area contributed by atoms with E-state index in [1.165, 1.54) is 0 Å². The summed E-state index contributed by atoms with van der Waals surface area (Å²) in [5, 5.41) is 7.62. The topological polar surface area (TPSA) is 64.9 Å². The van der Waals surface area contributed by atoms with Crippen LogP contribution >= 0.6 is 0 Å². The van der Waals surface area contributed by atoms with E-state index in [1.54, 1.807) is 13.0 Å². The summed E-state index contributed by atoms with van der Waals surface area (Å²) in [6.07, 6.45) is 4.40. The highest BCUT2D eigenvalue weighted by atomic mass is 16.4. The van der Waals surface area contributed by atoms with Crippen LogP contribution in [0.2, 0.25) is 0 Å². The molecular weight excluding hydrogens is 166 g/mol. The average molecular weight is 181 g/mol. The Bertz CT molecular complexity index is 270. The predicted molar refractivity (Wildman–Crippen MR) is 50.1 cm³/mol. The largest absolute Gasteiger partial charge is 0.426 e. The maximum atomic E-state index is 5.66. The number of nitrogens with two attached hydrogens (primary N) is 1. The zero-order chi connectivity index (χ0) is 9.68. The molecule has 0 aliphatic carbocycles. The first-order valence-corrected chi connectivity index (χ1v) is 4.39. The highest BCUT2D eigenvalue weighted by Gasteiger charge is 2.02. The van der Waals surface area contributed by atoms with E-state index in [9.17, 15) is 0 Å². The summed E-state index contributed by atoms with van der Waals surface area (Å²) >= 11 is 0. The van der Waals surface area contributed by atoms with Crippen LogP contribution in [0.15, 0.2) is 17.1 Å². The molecule has 0 amide bonds. The molecule has 1 heterocycles. The molecule has 4 nitrogen and oxygen atoms in total. The van der Waals surface area contributed by atoms with Gasteiger partial charge in [0.15, 0.2) is 0 Å². The lowest BCUT2D eigenvalue weighted by Gasteiger charge is -2.02. The Morgan fingerprint density at radius 3 is 2.92 bits per heavy atom. The summed E-state index contributed by atoms with van der Waals surface area (Å²) in [6, 6.07) is 0.0732. The number of hydrogen-bond donors (Lipinski definition) is 1. The van der Waals surface area contributed by atoms with E-state index in [0.717, 1.165) is 19.3 Å². The van der Waals surface area contributed by atoms with Crippen molar-refractivity contribution in [2.45, 2.75) is 32.2 Å². The fourth-order valence-electron chi connectivity index (χ4n) is 1.05. The van der Waals surface area contributed by atoms with Crippen molar-refractivity contribution in [3.63, 3.8) is 0 Å². The van der Waals surface area contributed by atoms with E-state index in [1.807, 2.05) is 0 Å². The van der Waals surface area contributed by atoms with E-state index in [2.05, 4.69) is 16.8 Å². The fraction of sp³-hybridized carbons (Fsp3) is 0.556. The van der Waals surface area contributed by atoms with Crippen LogP contribution in [0.1, 0.15) is 24.6 Å². The van der Waals surface area contributed by atoms with E-state index >= 15 is 0 Å². The smallest absolute Gasteiger partial charge is 0.216 e. The summed E-state index contributed by atoms with van der Waals surface area (Å²) in [5.41, 5.74) is 5.66. The first-order valence-electron chi connectivity index (χ1n) is 4.39. The average Bonchev–Trinajstić information content (AvgIpc) is 2.51. The Labute approximate surface area is 77.8 Å². The first-order chi connectivity index (χ1) is 6.22. The molecule has 0 spiro atoms. The lowest BCUT2D eigenvalue weighted by atomic mass is 10.1. The van der Waals surface area contributed by atoms with E-state index in [4.69, 9.17) is 10.2 Å². The molecule has 1 aromatic heterocycles. The van der Waals surface area contributed by atoms with Gasteiger partial charge in [-0.25, -0.2) is 0 Å². The minimum Gasteiger partial charge on any atom is -0.426 e. The van der Waals surface area contributed by atoms with Crippen molar-refractivity contribution in [1.29, 1.82) is 0 Å². The molecule has 0 saturated heterocycles. The highest BCUT2D eigenvalue weighted by Crippen LogP contribution is 2.04. The molecule has 13 heavy (non-hydrogen) atoms. The van der Waals surface area contributed by atoms with Crippen molar-refractivity contribution in [3.05, 3.63) is 24.4 Å². The van der Waals surface area contributed by atoms with Crippen LogP contribution in [-0.2, 0) is 6.42 Å². The van der Waals surface area contributed by atoms with Gasteiger partial charge in [-0.15, -0.1) is 16.8 Å². The van der Waals surface area contributed by atoms with Crippen molar-refractivity contribution in [3.8, 4) is 0 Å². The SMILES string of the molecule is C=CC(N)CCCc1nnc(C)o1. The quantitative estimate of drug-likeness (QED) is 0.693. The summed E-state index contributed by atoms with van der Waals surface area (Å²) in [7, 11) is 0. The Hall–Kier alpha value is -1.16. The zero-order valence-corrected chi connectivity index (χ0v) is 7.86. The Morgan fingerprint density at radius 1 is 1.62 bits per heavy atom. The van der Waals surface area contributed by atoms with Gasteiger partial charge < -0.3 is 10.2 Å². The Balaban J connectivity index is 2.23. The normalized spacial score (nSPS) is 12.8. The Morgan fingerprint density at radius 2 is 2.38 bits per heavy atom. The van der Waals surface area contributed by atoms with Gasteiger partial charge in [0.2, 0.25) is 11.8 Å². The van der Waals surface area contributed by atoms with Crippen LogP contribution < -0.4 is 5.73 Å². The minimum absolute atomic E-state index is 0.0732. The third-order valence-electron chi connectivity index (χ3n) is 1.80. The van der Waals surface area contributed by atoms with Crippen molar-refractivity contribution in [2.24, 2.45) is 5.73 Å². The third-order valence-corrected chi connectivity index (χ3v) is 1.80. The van der Waals surface area contributed by atoms with Gasteiger partial charge in [0, 0.05) is 19.4 Å². The molecule has 1 rings (SSSR count). The van der Waals surface area contributed by atoms with Crippen LogP contribution in [0.4, 0.5) is 0 Å². The van der Waals surface area contributed by atoms with Crippen molar-refractivity contribution < 1.29 is 4.42 Å². The van der Waals surface area contributed by atoms with Crippen molar-refractivity contribution in [2.75, 3.05) is 0 Å².